The van der Waals surface area contributed by atoms with E-state index in [1.54, 1.807) is 25.6 Å². The Bertz CT molecular complexity index is 1120. The average Bonchev–Trinajstić information content (AvgIpc) is 2.96. The van der Waals surface area contributed by atoms with Gasteiger partial charge in [-0.2, -0.15) is 0 Å². The number of para-hydroxylation sites is 1. The van der Waals surface area contributed by atoms with Gasteiger partial charge in [-0.15, -0.1) is 0 Å². The highest BCUT2D eigenvalue weighted by Gasteiger charge is 2.43. The van der Waals surface area contributed by atoms with Crippen LogP contribution < -0.4 is 5.32 Å². The summed E-state index contributed by atoms with van der Waals surface area (Å²) in [5.74, 6) is 0.934. The zero-order chi connectivity index (χ0) is 23.7. The molecule has 5 rings (SSSR count). The molecule has 2 fully saturated rings. The Hall–Kier alpha value is -2.84. The molecule has 178 valence electrons. The number of imide groups is 1. The molecule has 2 aromatic carbocycles. The summed E-state index contributed by atoms with van der Waals surface area (Å²) in [6.45, 7) is 8.78. The van der Waals surface area contributed by atoms with Crippen LogP contribution >= 0.6 is 11.8 Å². The number of carbonyl (C=O) groups excluding carboxylic acids is 2. The molecule has 34 heavy (non-hydrogen) atoms. The van der Waals surface area contributed by atoms with Crippen molar-refractivity contribution in [2.75, 3.05) is 39.3 Å². The first-order valence-corrected chi connectivity index (χ1v) is 12.8. The van der Waals surface area contributed by atoms with Crippen LogP contribution in [0, 0.1) is 0 Å². The second-order valence-electron chi connectivity index (χ2n) is 9.55. The molecule has 8 heteroatoms. The lowest BCUT2D eigenvalue weighted by Crippen LogP contribution is -2.49. The third kappa shape index (κ3) is 4.57. The molecule has 2 aromatic rings. The summed E-state index contributed by atoms with van der Waals surface area (Å²) in [6, 6.07) is 16.6. The van der Waals surface area contributed by atoms with E-state index in [1.807, 2.05) is 0 Å². The third-order valence-corrected chi connectivity index (χ3v) is 7.80. The van der Waals surface area contributed by atoms with Crippen LogP contribution in [-0.2, 0) is 4.79 Å². The molecule has 3 amide bonds. The normalized spacial score (nSPS) is 19.9. The fourth-order valence-electron chi connectivity index (χ4n) is 4.72. The van der Waals surface area contributed by atoms with Gasteiger partial charge in [0.05, 0.1) is 5.69 Å². The summed E-state index contributed by atoms with van der Waals surface area (Å²) in [6.07, 6.45) is 1.79. The molecule has 2 saturated heterocycles. The maximum Gasteiger partial charge on any atom is 0.325 e. The molecule has 3 aliphatic rings. The van der Waals surface area contributed by atoms with Crippen molar-refractivity contribution >= 4 is 35.2 Å². The number of unbranched alkanes of at least 4 members (excludes halogenated alkanes) is 1. The summed E-state index contributed by atoms with van der Waals surface area (Å²) in [5.41, 5.74) is 1.45. The van der Waals surface area contributed by atoms with E-state index in [-0.39, 0.29) is 11.9 Å². The Balaban J connectivity index is 1.17. The molecule has 3 heterocycles. The number of nitrogens with zero attached hydrogens (tertiary/aromatic N) is 4. The van der Waals surface area contributed by atoms with E-state index in [0.717, 1.165) is 57.1 Å². The van der Waals surface area contributed by atoms with Crippen LogP contribution in [-0.4, -0.2) is 77.3 Å². The molecule has 3 aliphatic heterocycles. The average molecular weight is 478 g/mol. The topological polar surface area (TPSA) is 68.2 Å². The first-order valence-electron chi connectivity index (χ1n) is 12.0. The Morgan fingerprint density at radius 2 is 1.59 bits per heavy atom. The molecular weight excluding hydrogens is 446 g/mol. The largest absolute Gasteiger partial charge is 0.354 e. The molecule has 0 unspecified atom stereocenters. The van der Waals surface area contributed by atoms with Gasteiger partial charge < -0.3 is 10.2 Å². The number of piperazine rings is 1. The quantitative estimate of drug-likeness (QED) is 0.522. The van der Waals surface area contributed by atoms with Crippen molar-refractivity contribution in [1.29, 1.82) is 0 Å². The predicted molar refractivity (Wildman–Crippen MR) is 135 cm³/mol. The number of nitrogens with one attached hydrogen (secondary N) is 1. The Morgan fingerprint density at radius 3 is 2.32 bits per heavy atom. The summed E-state index contributed by atoms with van der Waals surface area (Å²) in [5, 5.41) is 2.75. The van der Waals surface area contributed by atoms with Crippen LogP contribution in [0.15, 0.2) is 63.3 Å². The van der Waals surface area contributed by atoms with Gasteiger partial charge >= 0.3 is 6.03 Å². The minimum Gasteiger partial charge on any atom is -0.354 e. The van der Waals surface area contributed by atoms with Crippen LogP contribution in [0.3, 0.4) is 0 Å². The fourth-order valence-corrected chi connectivity index (χ4v) is 5.74. The number of rotatable bonds is 5. The number of fused-ring (bicyclic) bond motifs is 2. The molecule has 0 radical (unpaired) electrons. The van der Waals surface area contributed by atoms with Gasteiger partial charge in [0.15, 0.2) is 0 Å². The van der Waals surface area contributed by atoms with Crippen molar-refractivity contribution in [2.45, 2.75) is 42.0 Å². The van der Waals surface area contributed by atoms with Crippen LogP contribution in [0.1, 0.15) is 32.3 Å². The lowest BCUT2D eigenvalue weighted by atomic mass is 10.1. The minimum absolute atomic E-state index is 0.129. The third-order valence-electron chi connectivity index (χ3n) is 6.66. The zero-order valence-corrected chi connectivity index (χ0v) is 20.6. The second kappa shape index (κ2) is 9.43. The monoisotopic (exact) mass is 477 g/mol. The summed E-state index contributed by atoms with van der Waals surface area (Å²) in [7, 11) is 0. The van der Waals surface area contributed by atoms with E-state index in [9.17, 15) is 9.59 Å². The lowest BCUT2D eigenvalue weighted by molar-refractivity contribution is -0.130. The molecular formula is C26H31N5O2S. The van der Waals surface area contributed by atoms with Crippen molar-refractivity contribution < 1.29 is 9.59 Å². The van der Waals surface area contributed by atoms with Crippen LogP contribution in [0.4, 0.5) is 10.5 Å². The number of amidine groups is 1. The van der Waals surface area contributed by atoms with Gasteiger partial charge in [0.1, 0.15) is 11.4 Å². The van der Waals surface area contributed by atoms with Crippen LogP contribution in [0.2, 0.25) is 0 Å². The van der Waals surface area contributed by atoms with Gasteiger partial charge in [0, 0.05) is 48.1 Å². The molecule has 0 spiro atoms. The number of carbonyl (C=O) groups is 2. The molecule has 0 atom stereocenters. The fraction of sp³-hybridized carbons (Fsp3) is 0.423. The van der Waals surface area contributed by atoms with Gasteiger partial charge in [0.2, 0.25) is 0 Å². The van der Waals surface area contributed by atoms with E-state index in [1.165, 1.54) is 20.3 Å². The first kappa shape index (κ1) is 22.9. The minimum atomic E-state index is -0.786. The maximum atomic E-state index is 12.3. The number of hydrogen-bond donors (Lipinski definition) is 1. The highest BCUT2D eigenvalue weighted by atomic mass is 32.2. The van der Waals surface area contributed by atoms with Crippen molar-refractivity contribution in [2.24, 2.45) is 4.99 Å². The molecule has 0 aliphatic carbocycles. The second-order valence-corrected chi connectivity index (χ2v) is 10.6. The van der Waals surface area contributed by atoms with E-state index in [4.69, 9.17) is 4.99 Å². The Labute approximate surface area is 205 Å². The van der Waals surface area contributed by atoms with Crippen LogP contribution in [0.5, 0.6) is 0 Å². The van der Waals surface area contributed by atoms with Crippen LogP contribution in [0.25, 0.3) is 0 Å². The number of aliphatic imine (C=N–C) groups is 1. The van der Waals surface area contributed by atoms with Crippen molar-refractivity contribution in [3.63, 3.8) is 0 Å². The highest BCUT2D eigenvalue weighted by Crippen LogP contribution is 2.40. The summed E-state index contributed by atoms with van der Waals surface area (Å²) < 4.78 is 0. The Morgan fingerprint density at radius 1 is 0.912 bits per heavy atom. The molecule has 1 N–H and O–H groups in total. The van der Waals surface area contributed by atoms with Crippen molar-refractivity contribution in [3.05, 3.63) is 54.1 Å². The molecule has 0 aromatic heterocycles. The molecule has 0 saturated carbocycles. The van der Waals surface area contributed by atoms with E-state index < -0.39 is 5.54 Å². The number of urea groups is 1. The SMILES string of the molecule is CC1(C)NC(=O)N(CCCCN2CCN(C3=Nc4ccccc4Sc4ccccc43)CC2)C1=O. The van der Waals surface area contributed by atoms with Gasteiger partial charge in [0.25, 0.3) is 5.91 Å². The summed E-state index contributed by atoms with van der Waals surface area (Å²) >= 11 is 1.79. The first-order chi connectivity index (χ1) is 16.4. The number of benzene rings is 2. The van der Waals surface area contributed by atoms with E-state index in [0.29, 0.717) is 6.54 Å². The van der Waals surface area contributed by atoms with Crippen molar-refractivity contribution in [1.82, 2.24) is 20.0 Å². The lowest BCUT2D eigenvalue weighted by Gasteiger charge is -2.36. The van der Waals surface area contributed by atoms with Gasteiger partial charge in [-0.3, -0.25) is 14.6 Å². The predicted octanol–water partition coefficient (Wildman–Crippen LogP) is 3.96. The Kier molecular flexibility index (Phi) is 6.36. The van der Waals surface area contributed by atoms with Gasteiger partial charge in [-0.1, -0.05) is 42.1 Å². The highest BCUT2D eigenvalue weighted by molar-refractivity contribution is 7.99. The summed E-state index contributed by atoms with van der Waals surface area (Å²) in [4.78, 5) is 38.1. The van der Waals surface area contributed by atoms with E-state index in [2.05, 4.69) is 63.6 Å². The maximum absolute atomic E-state index is 12.3. The van der Waals surface area contributed by atoms with Gasteiger partial charge in [-0.05, 0) is 51.4 Å². The zero-order valence-electron chi connectivity index (χ0n) is 19.8. The smallest absolute Gasteiger partial charge is 0.325 e. The molecule has 0 bridgehead atoms. The number of hydrogen-bond acceptors (Lipinski definition) is 6. The molecule has 7 nitrogen and oxygen atoms in total. The van der Waals surface area contributed by atoms with E-state index >= 15 is 0 Å². The standard InChI is InChI=1S/C26H31N5O2S/c1-26(2)24(32)31(25(33)28-26)14-8-7-13-29-15-17-30(18-16-29)23-19-9-3-5-11-21(19)34-22-12-6-4-10-20(22)27-23/h3-6,9-12H,7-8,13-18H2,1-2H3,(H,28,33). The number of amides is 3. The van der Waals surface area contributed by atoms with Gasteiger partial charge in [-0.25, -0.2) is 9.79 Å². The van der Waals surface area contributed by atoms with Crippen molar-refractivity contribution in [3.8, 4) is 0 Å².